The van der Waals surface area contributed by atoms with Gasteiger partial charge >= 0.3 is 0 Å². The summed E-state index contributed by atoms with van der Waals surface area (Å²) in [5.74, 6) is 2.07. The maximum Gasteiger partial charge on any atom is 0.165 e. The van der Waals surface area contributed by atoms with E-state index in [4.69, 9.17) is 25.3 Å². The second-order valence-electron chi connectivity index (χ2n) is 8.89. The van der Waals surface area contributed by atoms with Gasteiger partial charge in [0.05, 0.1) is 29.0 Å². The van der Waals surface area contributed by atoms with E-state index in [-0.39, 0.29) is 6.04 Å². The third kappa shape index (κ3) is 3.39. The quantitative estimate of drug-likeness (QED) is 0.470. The van der Waals surface area contributed by atoms with Gasteiger partial charge in [-0.2, -0.15) is 5.10 Å². The molecule has 11 heteroatoms. The number of nitrogens with one attached hydrogen (secondary N) is 1. The molecule has 1 aliphatic heterocycles. The summed E-state index contributed by atoms with van der Waals surface area (Å²) >= 11 is 0. The summed E-state index contributed by atoms with van der Waals surface area (Å²) in [6.07, 6.45) is 7.34. The van der Waals surface area contributed by atoms with Crippen molar-refractivity contribution in [2.75, 3.05) is 36.8 Å². The second kappa shape index (κ2) is 7.77. The highest BCUT2D eigenvalue weighted by Crippen LogP contribution is 2.47. The van der Waals surface area contributed by atoms with E-state index in [0.29, 0.717) is 40.0 Å². The molecule has 0 bridgehead atoms. The van der Waals surface area contributed by atoms with Crippen molar-refractivity contribution >= 4 is 22.5 Å². The minimum absolute atomic E-state index is 0.0865. The number of anilines is 2. The van der Waals surface area contributed by atoms with Gasteiger partial charge in [0.25, 0.3) is 0 Å². The van der Waals surface area contributed by atoms with E-state index in [1.54, 1.807) is 0 Å². The van der Waals surface area contributed by atoms with Crippen LogP contribution in [0.1, 0.15) is 44.4 Å². The fourth-order valence-electron chi connectivity index (χ4n) is 4.36. The highest BCUT2D eigenvalue weighted by atomic mass is 16.5. The average molecular weight is 447 g/mol. The van der Waals surface area contributed by atoms with Crippen LogP contribution in [0.25, 0.3) is 33.8 Å². The molecule has 2 fully saturated rings. The van der Waals surface area contributed by atoms with Gasteiger partial charge in [-0.1, -0.05) is 5.16 Å². The van der Waals surface area contributed by atoms with Crippen molar-refractivity contribution < 1.29 is 4.52 Å². The SMILES string of the molecule is CC(C)n1nc(-c2noc(C3CC3)c2-c2ncc(N3CCNCC3)cn2)c2c(N)ncnc21. The van der Waals surface area contributed by atoms with Gasteiger partial charge in [0.15, 0.2) is 17.2 Å². The lowest BCUT2D eigenvalue weighted by Crippen LogP contribution is -2.43. The first-order chi connectivity index (χ1) is 16.1. The molecule has 0 spiro atoms. The summed E-state index contributed by atoms with van der Waals surface area (Å²) in [4.78, 5) is 20.4. The smallest absolute Gasteiger partial charge is 0.165 e. The maximum absolute atomic E-state index is 6.27. The van der Waals surface area contributed by atoms with Gasteiger partial charge < -0.3 is 20.5 Å². The van der Waals surface area contributed by atoms with Crippen molar-refractivity contribution in [3.8, 4) is 22.8 Å². The van der Waals surface area contributed by atoms with Crippen LogP contribution in [0, 0.1) is 0 Å². The number of piperazine rings is 1. The van der Waals surface area contributed by atoms with Crippen LogP contribution in [0.3, 0.4) is 0 Å². The zero-order valence-corrected chi connectivity index (χ0v) is 18.7. The number of nitrogens with zero attached hydrogens (tertiary/aromatic N) is 8. The molecule has 6 rings (SSSR count). The molecule has 33 heavy (non-hydrogen) atoms. The molecule has 5 heterocycles. The molecule has 1 saturated carbocycles. The highest BCUT2D eigenvalue weighted by molar-refractivity contribution is 6.00. The minimum atomic E-state index is 0.0865. The normalized spacial score (nSPS) is 16.8. The molecule has 1 aliphatic carbocycles. The molecule has 4 aromatic heterocycles. The van der Waals surface area contributed by atoms with Crippen molar-refractivity contribution in [2.24, 2.45) is 0 Å². The topological polar surface area (TPSA) is 137 Å². The third-order valence-electron chi connectivity index (χ3n) is 6.24. The fraction of sp³-hybridized carbons (Fsp3) is 0.455. The molecule has 0 aromatic carbocycles. The first-order valence-electron chi connectivity index (χ1n) is 11.4. The standard InChI is InChI=1S/C22H26N10O/c1-12(2)32-22-16(20(23)27-11-28-22)17(29-32)18-15(19(33-30-18)13-3-4-13)21-25-9-14(10-26-21)31-7-5-24-6-8-31/h9-13,24H,3-8H2,1-2H3,(H2,23,27,28). The van der Waals surface area contributed by atoms with E-state index < -0.39 is 0 Å². The zero-order valence-electron chi connectivity index (χ0n) is 18.7. The molecule has 3 N–H and O–H groups in total. The molecule has 11 nitrogen and oxygen atoms in total. The van der Waals surface area contributed by atoms with Crippen LogP contribution >= 0.6 is 0 Å². The van der Waals surface area contributed by atoms with Gasteiger partial charge in [-0.3, -0.25) is 0 Å². The number of hydrogen-bond acceptors (Lipinski definition) is 10. The van der Waals surface area contributed by atoms with E-state index in [0.717, 1.165) is 56.0 Å². The Hall–Kier alpha value is -3.60. The van der Waals surface area contributed by atoms with Crippen molar-refractivity contribution in [2.45, 2.75) is 38.6 Å². The Kier molecular flexibility index (Phi) is 4.72. The Labute approximate surface area is 190 Å². The summed E-state index contributed by atoms with van der Waals surface area (Å²) in [5.41, 5.74) is 9.91. The van der Waals surface area contributed by atoms with E-state index >= 15 is 0 Å². The molecule has 4 aromatic rings. The van der Waals surface area contributed by atoms with Gasteiger partial charge in [0, 0.05) is 38.1 Å². The van der Waals surface area contributed by atoms with Crippen molar-refractivity contribution in [3.63, 3.8) is 0 Å². The van der Waals surface area contributed by atoms with Crippen LogP contribution in [-0.4, -0.2) is 61.1 Å². The van der Waals surface area contributed by atoms with E-state index in [9.17, 15) is 0 Å². The Morgan fingerprint density at radius 3 is 2.52 bits per heavy atom. The summed E-state index contributed by atoms with van der Waals surface area (Å²) in [6.45, 7) is 7.88. The molecule has 0 unspecified atom stereocenters. The lowest BCUT2D eigenvalue weighted by molar-refractivity contribution is 0.386. The van der Waals surface area contributed by atoms with Crippen LogP contribution in [0.2, 0.25) is 0 Å². The number of nitrogen functional groups attached to an aromatic ring is 1. The van der Waals surface area contributed by atoms with Gasteiger partial charge in [-0.05, 0) is 26.7 Å². The van der Waals surface area contributed by atoms with Crippen LogP contribution < -0.4 is 16.0 Å². The highest BCUT2D eigenvalue weighted by Gasteiger charge is 2.36. The van der Waals surface area contributed by atoms with Crippen LogP contribution in [0.5, 0.6) is 0 Å². The zero-order chi connectivity index (χ0) is 22.5. The largest absolute Gasteiger partial charge is 0.383 e. The van der Waals surface area contributed by atoms with Crippen molar-refractivity contribution in [3.05, 3.63) is 24.5 Å². The first-order valence-corrected chi connectivity index (χ1v) is 11.4. The van der Waals surface area contributed by atoms with Crippen molar-refractivity contribution in [1.82, 2.24) is 40.2 Å². The molecular formula is C22H26N10O. The van der Waals surface area contributed by atoms with E-state index in [2.05, 4.69) is 25.3 Å². The number of hydrogen-bond donors (Lipinski definition) is 2. The number of nitrogens with two attached hydrogens (primary N) is 1. The van der Waals surface area contributed by atoms with Gasteiger partial charge in [0.1, 0.15) is 23.5 Å². The molecule has 1 saturated heterocycles. The van der Waals surface area contributed by atoms with Gasteiger partial charge in [-0.15, -0.1) is 0 Å². The van der Waals surface area contributed by atoms with Crippen LogP contribution in [0.15, 0.2) is 23.2 Å². The molecule has 170 valence electrons. The lowest BCUT2D eigenvalue weighted by Gasteiger charge is -2.28. The number of aromatic nitrogens is 7. The lowest BCUT2D eigenvalue weighted by atomic mass is 10.1. The predicted molar refractivity (Wildman–Crippen MR) is 124 cm³/mol. The van der Waals surface area contributed by atoms with Gasteiger partial charge in [-0.25, -0.2) is 24.6 Å². The third-order valence-corrected chi connectivity index (χ3v) is 6.24. The summed E-state index contributed by atoms with van der Waals surface area (Å²) in [7, 11) is 0. The molecule has 0 atom stereocenters. The predicted octanol–water partition coefficient (Wildman–Crippen LogP) is 2.39. The van der Waals surface area contributed by atoms with Crippen LogP contribution in [-0.2, 0) is 0 Å². The number of fused-ring (bicyclic) bond motifs is 1. The minimum Gasteiger partial charge on any atom is -0.383 e. The number of rotatable bonds is 5. The monoisotopic (exact) mass is 446 g/mol. The molecule has 0 radical (unpaired) electrons. The van der Waals surface area contributed by atoms with Crippen molar-refractivity contribution in [1.29, 1.82) is 0 Å². The summed E-state index contributed by atoms with van der Waals surface area (Å²) < 4.78 is 7.69. The molecular weight excluding hydrogens is 420 g/mol. The Morgan fingerprint density at radius 2 is 1.82 bits per heavy atom. The maximum atomic E-state index is 6.27. The Bertz CT molecular complexity index is 1300. The Balaban J connectivity index is 1.49. The second-order valence-corrected chi connectivity index (χ2v) is 8.89. The first kappa shape index (κ1) is 20.0. The average Bonchev–Trinajstić information content (AvgIpc) is 3.46. The van der Waals surface area contributed by atoms with Gasteiger partial charge in [0.2, 0.25) is 0 Å². The van der Waals surface area contributed by atoms with Crippen LogP contribution in [0.4, 0.5) is 11.5 Å². The Morgan fingerprint density at radius 1 is 1.06 bits per heavy atom. The van der Waals surface area contributed by atoms with E-state index in [1.165, 1.54) is 6.33 Å². The summed E-state index contributed by atoms with van der Waals surface area (Å²) in [5, 5.41) is 13.3. The molecule has 2 aliphatic rings. The summed E-state index contributed by atoms with van der Waals surface area (Å²) in [6, 6.07) is 0.0865. The fourth-order valence-corrected chi connectivity index (χ4v) is 4.36. The molecule has 0 amide bonds. The van der Waals surface area contributed by atoms with E-state index in [1.807, 2.05) is 30.9 Å².